The number of benzene rings is 1. The highest BCUT2D eigenvalue weighted by molar-refractivity contribution is 5.85. The number of hydrogen-bond acceptors (Lipinski definition) is 2. The van der Waals surface area contributed by atoms with Crippen LogP contribution in [-0.4, -0.2) is 13.3 Å². The molecule has 0 unspecified atom stereocenters. The molecule has 0 saturated carbocycles. The zero-order chi connectivity index (χ0) is 10.3. The highest BCUT2D eigenvalue weighted by atomic mass is 14.8. The van der Waals surface area contributed by atoms with Gasteiger partial charge < -0.3 is 10.7 Å². The minimum absolute atomic E-state index is 0.929. The summed E-state index contributed by atoms with van der Waals surface area (Å²) in [6.07, 6.45) is 1.35. The first kappa shape index (κ1) is 11.7. The molecule has 72 valence electrons. The Hall–Kier alpha value is -1.31. The molecule has 0 saturated heterocycles. The van der Waals surface area contributed by atoms with E-state index in [-0.39, 0.29) is 0 Å². The van der Waals surface area contributed by atoms with Gasteiger partial charge in [-0.05, 0) is 18.6 Å². The Morgan fingerprint density at radius 3 is 2.38 bits per heavy atom. The van der Waals surface area contributed by atoms with Gasteiger partial charge in [0.1, 0.15) is 0 Å². The van der Waals surface area contributed by atoms with Gasteiger partial charge in [-0.2, -0.15) is 0 Å². The molecule has 0 atom stereocenters. The Balaban J connectivity index is 0.000000671. The smallest absolute Gasteiger partial charge is 0.0429 e. The monoisotopic (exact) mass is 178 g/mol. The molecule has 1 aromatic rings. The maximum atomic E-state index is 7.09. The summed E-state index contributed by atoms with van der Waals surface area (Å²) < 4.78 is 0. The lowest BCUT2D eigenvalue weighted by atomic mass is 10.1. The van der Waals surface area contributed by atoms with Crippen LogP contribution in [0.3, 0.4) is 0 Å². The van der Waals surface area contributed by atoms with Gasteiger partial charge in [-0.15, -0.1) is 0 Å². The van der Waals surface area contributed by atoms with Crippen molar-refractivity contribution in [2.45, 2.75) is 20.8 Å². The number of anilines is 1. The van der Waals surface area contributed by atoms with Gasteiger partial charge in [0.05, 0.1) is 0 Å². The maximum Gasteiger partial charge on any atom is 0.0429 e. The van der Waals surface area contributed by atoms with Crippen LogP contribution in [0.2, 0.25) is 0 Å². The summed E-state index contributed by atoms with van der Waals surface area (Å²) in [5.41, 5.74) is 3.15. The number of rotatable bonds is 2. The molecular formula is C11H18N2. The topological polar surface area (TPSA) is 35.9 Å². The Bertz CT molecular complexity index is 267. The van der Waals surface area contributed by atoms with E-state index in [0.29, 0.717) is 0 Å². The molecule has 0 aliphatic heterocycles. The van der Waals surface area contributed by atoms with E-state index in [0.717, 1.165) is 11.3 Å². The first-order valence-electron chi connectivity index (χ1n) is 4.57. The molecule has 2 heteroatoms. The lowest BCUT2D eigenvalue weighted by Gasteiger charge is -2.04. The van der Waals surface area contributed by atoms with Crippen LogP contribution >= 0.6 is 0 Å². The normalized spacial score (nSPS) is 8.31. The second-order valence-electron chi connectivity index (χ2n) is 2.49. The number of nitrogens with one attached hydrogen (secondary N) is 2. The third-order valence-corrected chi connectivity index (χ3v) is 1.63. The average Bonchev–Trinajstić information content (AvgIpc) is 2.20. The summed E-state index contributed by atoms with van der Waals surface area (Å²) in [4.78, 5) is 0. The first-order valence-corrected chi connectivity index (χ1v) is 4.57. The van der Waals surface area contributed by atoms with Crippen molar-refractivity contribution in [3.05, 3.63) is 29.3 Å². The largest absolute Gasteiger partial charge is 0.388 e. The van der Waals surface area contributed by atoms with E-state index in [2.05, 4.69) is 5.32 Å². The van der Waals surface area contributed by atoms with Crippen molar-refractivity contribution in [1.29, 1.82) is 5.41 Å². The van der Waals surface area contributed by atoms with E-state index in [1.54, 1.807) is 0 Å². The van der Waals surface area contributed by atoms with Gasteiger partial charge >= 0.3 is 0 Å². The molecule has 0 aliphatic rings. The molecular weight excluding hydrogens is 160 g/mol. The Morgan fingerprint density at radius 2 is 1.92 bits per heavy atom. The van der Waals surface area contributed by atoms with Gasteiger partial charge in [0.25, 0.3) is 0 Å². The van der Waals surface area contributed by atoms with Gasteiger partial charge in [0.2, 0.25) is 0 Å². The van der Waals surface area contributed by atoms with Crippen molar-refractivity contribution < 1.29 is 0 Å². The van der Waals surface area contributed by atoms with Crippen molar-refractivity contribution in [2.24, 2.45) is 0 Å². The summed E-state index contributed by atoms with van der Waals surface area (Å²) in [6.45, 7) is 6.04. The quantitative estimate of drug-likeness (QED) is 0.671. The third kappa shape index (κ3) is 3.28. The molecule has 0 heterocycles. The second kappa shape index (κ2) is 6.23. The minimum atomic E-state index is 0.929. The predicted molar refractivity (Wildman–Crippen MR) is 60.0 cm³/mol. The van der Waals surface area contributed by atoms with Crippen LogP contribution < -0.4 is 5.32 Å². The van der Waals surface area contributed by atoms with Crippen molar-refractivity contribution in [1.82, 2.24) is 0 Å². The second-order valence-corrected chi connectivity index (χ2v) is 2.49. The van der Waals surface area contributed by atoms with Crippen molar-refractivity contribution in [3.63, 3.8) is 0 Å². The Kier molecular flexibility index (Phi) is 5.60. The summed E-state index contributed by atoms with van der Waals surface area (Å²) in [5, 5.41) is 10.1. The average molecular weight is 178 g/mol. The fourth-order valence-electron chi connectivity index (χ4n) is 1.01. The number of aryl methyl sites for hydroxylation is 1. The molecule has 2 N–H and O–H groups in total. The molecule has 0 spiro atoms. The molecule has 0 fully saturated rings. The van der Waals surface area contributed by atoms with E-state index in [9.17, 15) is 0 Å². The third-order valence-electron chi connectivity index (χ3n) is 1.63. The van der Waals surface area contributed by atoms with Crippen LogP contribution in [0.5, 0.6) is 0 Å². The zero-order valence-electron chi connectivity index (χ0n) is 8.81. The van der Waals surface area contributed by atoms with Gasteiger partial charge in [-0.1, -0.05) is 26.0 Å². The standard InChI is InChI=1S/C9H12N2.C2H6/c1-7-3-4-8(6-10)9(5-7)11-2;1-2/h3-6,10-11H,1-2H3;1-2H3. The van der Waals surface area contributed by atoms with Crippen LogP contribution in [0.15, 0.2) is 18.2 Å². The van der Waals surface area contributed by atoms with Gasteiger partial charge in [-0.25, -0.2) is 0 Å². The highest BCUT2D eigenvalue weighted by Gasteiger charge is 1.95. The Morgan fingerprint density at radius 1 is 1.31 bits per heavy atom. The number of hydrogen-bond donors (Lipinski definition) is 2. The molecule has 1 rings (SSSR count). The molecule has 2 nitrogen and oxygen atoms in total. The van der Waals surface area contributed by atoms with Crippen LogP contribution in [-0.2, 0) is 0 Å². The van der Waals surface area contributed by atoms with E-state index < -0.39 is 0 Å². The van der Waals surface area contributed by atoms with E-state index in [4.69, 9.17) is 5.41 Å². The summed E-state index contributed by atoms with van der Waals surface area (Å²) in [7, 11) is 1.86. The zero-order valence-corrected chi connectivity index (χ0v) is 8.81. The molecule has 0 radical (unpaired) electrons. The maximum absolute atomic E-state index is 7.09. The highest BCUT2D eigenvalue weighted by Crippen LogP contribution is 2.14. The lowest BCUT2D eigenvalue weighted by Crippen LogP contribution is -1.94. The molecule has 0 amide bonds. The Labute approximate surface area is 80.5 Å². The molecule has 0 aromatic heterocycles. The minimum Gasteiger partial charge on any atom is -0.388 e. The van der Waals surface area contributed by atoms with Gasteiger partial charge in [0.15, 0.2) is 0 Å². The van der Waals surface area contributed by atoms with Gasteiger partial charge in [-0.3, -0.25) is 0 Å². The molecule has 0 bridgehead atoms. The van der Waals surface area contributed by atoms with Crippen LogP contribution in [0.1, 0.15) is 25.0 Å². The van der Waals surface area contributed by atoms with Crippen molar-refractivity contribution >= 4 is 11.9 Å². The van der Waals surface area contributed by atoms with Crippen LogP contribution in [0, 0.1) is 12.3 Å². The summed E-state index contributed by atoms with van der Waals surface area (Å²) in [5.74, 6) is 0. The van der Waals surface area contributed by atoms with Crippen molar-refractivity contribution in [2.75, 3.05) is 12.4 Å². The predicted octanol–water partition coefficient (Wildman–Crippen LogP) is 3.06. The molecule has 0 aliphatic carbocycles. The summed E-state index contributed by atoms with van der Waals surface area (Å²) in [6, 6.07) is 5.97. The molecule has 13 heavy (non-hydrogen) atoms. The van der Waals surface area contributed by atoms with Crippen molar-refractivity contribution in [3.8, 4) is 0 Å². The van der Waals surface area contributed by atoms with E-state index >= 15 is 0 Å². The van der Waals surface area contributed by atoms with Gasteiger partial charge in [0, 0.05) is 24.5 Å². The van der Waals surface area contributed by atoms with E-state index in [1.165, 1.54) is 11.8 Å². The fourth-order valence-corrected chi connectivity index (χ4v) is 1.01. The SMILES string of the molecule is CC.CNc1cc(C)ccc1C=N. The van der Waals surface area contributed by atoms with Crippen LogP contribution in [0.25, 0.3) is 0 Å². The summed E-state index contributed by atoms with van der Waals surface area (Å²) >= 11 is 0. The lowest BCUT2D eigenvalue weighted by molar-refractivity contribution is 1.41. The molecule has 1 aromatic carbocycles. The van der Waals surface area contributed by atoms with Crippen LogP contribution in [0.4, 0.5) is 5.69 Å². The van der Waals surface area contributed by atoms with E-state index in [1.807, 2.05) is 46.0 Å². The first-order chi connectivity index (χ1) is 6.27. The fraction of sp³-hybridized carbons (Fsp3) is 0.364.